The number of carbonyl (C=O) groups is 1. The number of nitrogens with one attached hydrogen (secondary N) is 1. The monoisotopic (exact) mass is 516 g/mol. The van der Waals surface area contributed by atoms with Gasteiger partial charge in [0.05, 0.1) is 25.3 Å². The molecule has 1 amide bonds. The van der Waals surface area contributed by atoms with Gasteiger partial charge in [0.25, 0.3) is 0 Å². The Labute approximate surface area is 221 Å². The molecule has 1 saturated heterocycles. The van der Waals surface area contributed by atoms with Gasteiger partial charge < -0.3 is 19.7 Å². The Bertz CT molecular complexity index is 1350. The van der Waals surface area contributed by atoms with Gasteiger partial charge in [-0.05, 0) is 47.3 Å². The van der Waals surface area contributed by atoms with Crippen LogP contribution >= 0.6 is 11.5 Å². The van der Waals surface area contributed by atoms with E-state index in [1.54, 1.807) is 25.8 Å². The minimum absolute atomic E-state index is 0.0521. The molecular weight excluding hydrogens is 484 g/mol. The van der Waals surface area contributed by atoms with Crippen LogP contribution in [0.25, 0.3) is 10.1 Å². The van der Waals surface area contributed by atoms with Crippen LogP contribution in [0.4, 0.5) is 11.5 Å². The van der Waals surface area contributed by atoms with Crippen LogP contribution in [0.15, 0.2) is 66.7 Å². The SMILES string of the molecule is COc1cc(CCN2CCN(c3nsc4ccccc34)CC2)c(NC(=O)Cc2ccccc2)cc1OC. The number of aromatic nitrogens is 1. The average Bonchev–Trinajstić information content (AvgIpc) is 3.37. The van der Waals surface area contributed by atoms with Crippen LogP contribution in [0.1, 0.15) is 11.1 Å². The van der Waals surface area contributed by atoms with Crippen molar-refractivity contribution >= 4 is 39.0 Å². The average molecular weight is 517 g/mol. The summed E-state index contributed by atoms with van der Waals surface area (Å²) in [6.07, 6.45) is 1.11. The molecular formula is C29H32N4O3S. The Morgan fingerprint density at radius 1 is 0.946 bits per heavy atom. The summed E-state index contributed by atoms with van der Waals surface area (Å²) in [6.45, 7) is 4.72. The second-order valence-electron chi connectivity index (χ2n) is 9.16. The van der Waals surface area contributed by atoms with Crippen molar-refractivity contribution in [1.82, 2.24) is 9.27 Å². The molecule has 4 aromatic rings. The van der Waals surface area contributed by atoms with Crippen LogP contribution in [-0.2, 0) is 17.6 Å². The maximum Gasteiger partial charge on any atom is 0.228 e. The lowest BCUT2D eigenvalue weighted by Gasteiger charge is -2.35. The molecule has 0 saturated carbocycles. The fourth-order valence-corrected chi connectivity index (χ4v) is 5.58. The zero-order valence-corrected chi connectivity index (χ0v) is 22.1. The van der Waals surface area contributed by atoms with Crippen molar-refractivity contribution in [3.63, 3.8) is 0 Å². The maximum absolute atomic E-state index is 12.8. The highest BCUT2D eigenvalue weighted by Gasteiger charge is 2.21. The predicted octanol–water partition coefficient (Wildman–Crippen LogP) is 4.86. The van der Waals surface area contributed by atoms with Crippen LogP contribution < -0.4 is 19.7 Å². The number of hydrogen-bond acceptors (Lipinski definition) is 7. The van der Waals surface area contributed by atoms with E-state index in [2.05, 4.69) is 39.4 Å². The number of rotatable bonds is 9. The smallest absolute Gasteiger partial charge is 0.228 e. The number of ether oxygens (including phenoxy) is 2. The van der Waals surface area contributed by atoms with E-state index >= 15 is 0 Å². The molecule has 1 fully saturated rings. The number of methoxy groups -OCH3 is 2. The van der Waals surface area contributed by atoms with Crippen molar-refractivity contribution in [3.05, 3.63) is 77.9 Å². The number of piperazine rings is 1. The molecule has 7 nitrogen and oxygen atoms in total. The zero-order chi connectivity index (χ0) is 25.6. The third-order valence-corrected chi connectivity index (χ3v) is 7.64. The number of nitrogens with zero attached hydrogens (tertiary/aromatic N) is 3. The summed E-state index contributed by atoms with van der Waals surface area (Å²) in [6, 6.07) is 22.0. The molecule has 8 heteroatoms. The van der Waals surface area contributed by atoms with E-state index in [0.29, 0.717) is 17.9 Å². The Morgan fingerprint density at radius 2 is 1.65 bits per heavy atom. The summed E-state index contributed by atoms with van der Waals surface area (Å²) >= 11 is 1.57. The van der Waals surface area contributed by atoms with Gasteiger partial charge in [-0.25, -0.2) is 0 Å². The molecule has 37 heavy (non-hydrogen) atoms. The van der Waals surface area contributed by atoms with Gasteiger partial charge in [0.15, 0.2) is 11.5 Å². The van der Waals surface area contributed by atoms with Gasteiger partial charge in [0, 0.05) is 49.9 Å². The van der Waals surface area contributed by atoms with E-state index in [9.17, 15) is 4.79 Å². The second-order valence-corrected chi connectivity index (χ2v) is 9.96. The van der Waals surface area contributed by atoms with Crippen molar-refractivity contribution in [2.75, 3.05) is 57.2 Å². The standard InChI is InChI=1S/C29H32N4O3S/c1-35-25-19-22(24(20-26(25)36-2)30-28(34)18-21-8-4-3-5-9-21)12-13-32-14-16-33(17-15-32)29-23-10-6-7-11-27(23)37-31-29/h3-11,19-20H,12-18H2,1-2H3,(H,30,34). The number of fused-ring (bicyclic) bond motifs is 1. The van der Waals surface area contributed by atoms with E-state index in [1.165, 1.54) is 10.1 Å². The third kappa shape index (κ3) is 5.87. The predicted molar refractivity (Wildman–Crippen MR) is 150 cm³/mol. The largest absolute Gasteiger partial charge is 0.493 e. The van der Waals surface area contributed by atoms with Crippen molar-refractivity contribution in [1.29, 1.82) is 0 Å². The van der Waals surface area contributed by atoms with Crippen molar-refractivity contribution < 1.29 is 14.3 Å². The summed E-state index contributed by atoms with van der Waals surface area (Å²) in [7, 11) is 3.24. The number of anilines is 2. The van der Waals surface area contributed by atoms with Crippen LogP contribution in [0.2, 0.25) is 0 Å². The number of benzene rings is 3. The minimum Gasteiger partial charge on any atom is -0.493 e. The molecule has 1 aromatic heterocycles. The van der Waals surface area contributed by atoms with E-state index in [0.717, 1.165) is 61.8 Å². The fourth-order valence-electron chi connectivity index (χ4n) is 4.78. The van der Waals surface area contributed by atoms with Crippen LogP contribution in [0, 0.1) is 0 Å². The molecule has 0 unspecified atom stereocenters. The first-order valence-electron chi connectivity index (χ1n) is 12.5. The molecule has 0 aliphatic carbocycles. The highest BCUT2D eigenvalue weighted by molar-refractivity contribution is 7.13. The maximum atomic E-state index is 12.8. The van der Waals surface area contributed by atoms with Gasteiger partial charge in [0.1, 0.15) is 5.82 Å². The number of carbonyl (C=O) groups excluding carboxylic acids is 1. The molecule has 0 atom stereocenters. The third-order valence-electron chi connectivity index (χ3n) is 6.82. The second kappa shape index (κ2) is 11.6. The van der Waals surface area contributed by atoms with Crippen molar-refractivity contribution in [2.24, 2.45) is 0 Å². The number of hydrogen-bond donors (Lipinski definition) is 1. The van der Waals surface area contributed by atoms with E-state index in [-0.39, 0.29) is 5.91 Å². The Morgan fingerprint density at radius 3 is 2.41 bits per heavy atom. The molecule has 0 spiro atoms. The fraction of sp³-hybridized carbons (Fsp3) is 0.310. The van der Waals surface area contributed by atoms with E-state index in [1.807, 2.05) is 42.5 Å². The summed E-state index contributed by atoms with van der Waals surface area (Å²) in [5, 5.41) is 4.35. The molecule has 1 N–H and O–H groups in total. The van der Waals surface area contributed by atoms with Crippen LogP contribution in [0.5, 0.6) is 11.5 Å². The highest BCUT2D eigenvalue weighted by Crippen LogP contribution is 2.34. The van der Waals surface area contributed by atoms with Crippen LogP contribution in [0.3, 0.4) is 0 Å². The van der Waals surface area contributed by atoms with Gasteiger partial charge in [-0.15, -0.1) is 0 Å². The molecule has 1 aliphatic heterocycles. The van der Waals surface area contributed by atoms with Crippen molar-refractivity contribution in [3.8, 4) is 11.5 Å². The Hall–Kier alpha value is -3.62. The molecule has 192 valence electrons. The zero-order valence-electron chi connectivity index (χ0n) is 21.3. The van der Waals surface area contributed by atoms with Gasteiger partial charge in [0.2, 0.25) is 5.91 Å². The molecule has 5 rings (SSSR count). The van der Waals surface area contributed by atoms with E-state index in [4.69, 9.17) is 13.8 Å². The molecule has 3 aromatic carbocycles. The lowest BCUT2D eigenvalue weighted by atomic mass is 10.1. The first kappa shape index (κ1) is 25.0. The first-order valence-corrected chi connectivity index (χ1v) is 13.3. The van der Waals surface area contributed by atoms with Gasteiger partial charge in [-0.1, -0.05) is 42.5 Å². The van der Waals surface area contributed by atoms with Gasteiger partial charge in [-0.2, -0.15) is 4.37 Å². The summed E-state index contributed by atoms with van der Waals surface area (Å²) in [5.74, 6) is 2.32. The van der Waals surface area contributed by atoms with Gasteiger partial charge in [-0.3, -0.25) is 9.69 Å². The normalized spacial score (nSPS) is 14.1. The molecule has 1 aliphatic rings. The quantitative estimate of drug-likeness (QED) is 0.343. The summed E-state index contributed by atoms with van der Waals surface area (Å²) < 4.78 is 17.0. The molecule has 0 bridgehead atoms. The van der Waals surface area contributed by atoms with E-state index < -0.39 is 0 Å². The lowest BCUT2D eigenvalue weighted by molar-refractivity contribution is -0.115. The van der Waals surface area contributed by atoms with Crippen LogP contribution in [-0.4, -0.2) is 62.1 Å². The Kier molecular flexibility index (Phi) is 7.87. The lowest BCUT2D eigenvalue weighted by Crippen LogP contribution is -2.47. The molecule has 0 radical (unpaired) electrons. The number of amides is 1. The highest BCUT2D eigenvalue weighted by atomic mass is 32.1. The van der Waals surface area contributed by atoms with Crippen molar-refractivity contribution in [2.45, 2.75) is 12.8 Å². The topological polar surface area (TPSA) is 66.9 Å². The summed E-state index contributed by atoms with van der Waals surface area (Å²) in [4.78, 5) is 17.7. The minimum atomic E-state index is -0.0521. The Balaban J connectivity index is 1.24. The first-order chi connectivity index (χ1) is 18.1. The summed E-state index contributed by atoms with van der Waals surface area (Å²) in [5.41, 5.74) is 2.78. The molecule has 2 heterocycles. The van der Waals surface area contributed by atoms with Gasteiger partial charge >= 0.3 is 0 Å².